The number of nitrogens with zero attached hydrogens (tertiary/aromatic N) is 2. The van der Waals surface area contributed by atoms with E-state index in [1.54, 1.807) is 7.11 Å². The van der Waals surface area contributed by atoms with Crippen molar-refractivity contribution in [2.45, 2.75) is 0 Å². The molecule has 4 rings (SSSR count). The molecule has 0 saturated carbocycles. The number of benzene rings is 2. The molecule has 0 fully saturated rings. The van der Waals surface area contributed by atoms with Crippen molar-refractivity contribution in [3.63, 3.8) is 0 Å². The monoisotopic (exact) mass is 459 g/mol. The van der Waals surface area contributed by atoms with Crippen LogP contribution in [0.4, 0.5) is 5.69 Å². The van der Waals surface area contributed by atoms with Crippen molar-refractivity contribution in [3.05, 3.63) is 53.9 Å². The molecule has 2 aliphatic heterocycles. The number of hydrogen-bond donors (Lipinski definition) is 0. The Balaban J connectivity index is 0.00000121. The Labute approximate surface area is 135 Å². The molecule has 2 aliphatic rings. The molecule has 0 unspecified atom stereocenters. The number of anilines is 1. The summed E-state index contributed by atoms with van der Waals surface area (Å²) in [7, 11) is 1.69. The Morgan fingerprint density at radius 3 is 3.00 bits per heavy atom. The molecule has 0 saturated heterocycles. The van der Waals surface area contributed by atoms with Gasteiger partial charge in [0.25, 0.3) is 0 Å². The van der Waals surface area contributed by atoms with Gasteiger partial charge in [-0.15, -0.1) is 5.56 Å². The van der Waals surface area contributed by atoms with Gasteiger partial charge in [0.15, 0.2) is 0 Å². The quantitative estimate of drug-likeness (QED) is 0.483. The summed E-state index contributed by atoms with van der Waals surface area (Å²) in [5.41, 5.74) is 4.49. The van der Waals surface area contributed by atoms with Crippen LogP contribution >= 0.6 is 11.9 Å². The van der Waals surface area contributed by atoms with E-state index in [1.165, 1.54) is 11.9 Å². The summed E-state index contributed by atoms with van der Waals surface area (Å²) < 4.78 is 9.83. The summed E-state index contributed by atoms with van der Waals surface area (Å²) in [6, 6.07) is 15.4. The van der Waals surface area contributed by atoms with E-state index in [0.29, 0.717) is 0 Å². The summed E-state index contributed by atoms with van der Waals surface area (Å²) in [4.78, 5) is 2.09. The molecule has 103 valence electrons. The fourth-order valence-electron chi connectivity index (χ4n) is 2.46. The number of rotatable bonds is 1. The van der Waals surface area contributed by atoms with Gasteiger partial charge in [0.2, 0.25) is 0 Å². The van der Waals surface area contributed by atoms with Crippen molar-refractivity contribution in [2.24, 2.45) is 4.40 Å². The first-order chi connectivity index (χ1) is 9.38. The molecule has 2 aromatic rings. The van der Waals surface area contributed by atoms with Crippen molar-refractivity contribution in [2.75, 3.05) is 12.0 Å². The van der Waals surface area contributed by atoms with Crippen molar-refractivity contribution in [1.82, 2.24) is 0 Å². The van der Waals surface area contributed by atoms with Crippen LogP contribution in [-0.2, 0) is 20.1 Å². The number of methoxy groups -OCH3 is 1. The van der Waals surface area contributed by atoms with Crippen molar-refractivity contribution in [3.8, 4) is 16.9 Å². The molecule has 2 aromatic carbocycles. The standard InChI is InChI=1S/C15H10N2OS.Ir/c1-18-10-6-7-12-13(8-10)11-4-2-3-5-14(11)17-9-19-16-15(12)17;/h2-4,6-9H,1H3;/q-2;. The SMILES string of the molecule is COc1ccc2c(c1)-c1ccc[c-]c1N1[CH-]SN=C21.[Ir]. The third-order valence-corrected chi connectivity index (χ3v) is 3.94. The molecule has 3 nitrogen and oxygen atoms in total. The number of para-hydroxylation sites is 1. The molecule has 20 heavy (non-hydrogen) atoms. The van der Waals surface area contributed by atoms with Crippen LogP contribution in [0.1, 0.15) is 5.56 Å². The van der Waals surface area contributed by atoms with E-state index in [1.807, 2.05) is 24.1 Å². The van der Waals surface area contributed by atoms with E-state index in [0.717, 1.165) is 34.0 Å². The molecule has 0 aromatic heterocycles. The van der Waals surface area contributed by atoms with E-state index in [4.69, 9.17) is 4.74 Å². The predicted molar refractivity (Wildman–Crippen MR) is 78.2 cm³/mol. The van der Waals surface area contributed by atoms with E-state index >= 15 is 0 Å². The predicted octanol–water partition coefficient (Wildman–Crippen LogP) is 3.51. The van der Waals surface area contributed by atoms with Crippen molar-refractivity contribution in [1.29, 1.82) is 0 Å². The smallest absolute Gasteiger partial charge is 0.118 e. The molecule has 5 heteroatoms. The van der Waals surface area contributed by atoms with Crippen LogP contribution in [0.25, 0.3) is 11.1 Å². The van der Waals surface area contributed by atoms with Crippen LogP contribution in [0.3, 0.4) is 0 Å². The fraction of sp³-hybridized carbons (Fsp3) is 0.0667. The number of ether oxygens (including phenoxy) is 1. The molecular formula is C15H10IrN2OS-2. The summed E-state index contributed by atoms with van der Waals surface area (Å²) in [5.74, 6) is 3.84. The molecule has 0 amide bonds. The minimum Gasteiger partial charge on any atom is -0.497 e. The van der Waals surface area contributed by atoms with Gasteiger partial charge >= 0.3 is 0 Å². The maximum absolute atomic E-state index is 5.33. The van der Waals surface area contributed by atoms with Crippen LogP contribution in [0.2, 0.25) is 0 Å². The van der Waals surface area contributed by atoms with E-state index < -0.39 is 0 Å². The topological polar surface area (TPSA) is 24.8 Å². The first-order valence-corrected chi connectivity index (χ1v) is 6.78. The van der Waals surface area contributed by atoms with E-state index in [-0.39, 0.29) is 20.1 Å². The second-order valence-electron chi connectivity index (χ2n) is 4.34. The normalized spacial score (nSPS) is 14.7. The van der Waals surface area contributed by atoms with Crippen LogP contribution in [-0.4, -0.2) is 12.9 Å². The molecule has 2 heterocycles. The molecular weight excluding hydrogens is 448 g/mol. The Hall–Kier alpha value is -1.29. The van der Waals surface area contributed by atoms with Gasteiger partial charge in [-0.2, -0.15) is 42.1 Å². The zero-order valence-electron chi connectivity index (χ0n) is 10.6. The van der Waals surface area contributed by atoms with Crippen LogP contribution < -0.4 is 9.64 Å². The summed E-state index contributed by atoms with van der Waals surface area (Å²) >= 11 is 1.45. The average molecular weight is 459 g/mol. The molecule has 0 atom stereocenters. The van der Waals surface area contributed by atoms with Gasteiger partial charge in [-0.3, -0.25) is 0 Å². The van der Waals surface area contributed by atoms with Crippen molar-refractivity contribution < 1.29 is 24.8 Å². The maximum Gasteiger partial charge on any atom is 0.118 e. The van der Waals surface area contributed by atoms with Crippen LogP contribution in [0.15, 0.2) is 40.8 Å². The number of fused-ring (bicyclic) bond motifs is 6. The van der Waals surface area contributed by atoms with Gasteiger partial charge in [0, 0.05) is 25.7 Å². The van der Waals surface area contributed by atoms with Gasteiger partial charge in [-0.25, -0.2) is 4.40 Å². The van der Waals surface area contributed by atoms with Gasteiger partial charge in [0.05, 0.1) is 7.11 Å². The first-order valence-electron chi connectivity index (χ1n) is 5.94. The maximum atomic E-state index is 5.33. The third kappa shape index (κ3) is 1.89. The Kier molecular flexibility index (Phi) is 3.59. The zero-order valence-corrected chi connectivity index (χ0v) is 13.8. The fourth-order valence-corrected chi connectivity index (χ4v) is 3.10. The molecule has 0 spiro atoms. The number of amidine groups is 1. The van der Waals surface area contributed by atoms with Crippen molar-refractivity contribution >= 4 is 23.5 Å². The van der Waals surface area contributed by atoms with E-state index in [2.05, 4.69) is 33.6 Å². The minimum atomic E-state index is 0. The molecule has 0 aliphatic carbocycles. The molecule has 0 N–H and O–H groups in total. The summed E-state index contributed by atoms with van der Waals surface area (Å²) in [5, 5.41) is 0. The summed E-state index contributed by atoms with van der Waals surface area (Å²) in [6.45, 7) is 0. The molecule has 1 radical (unpaired) electrons. The second-order valence-corrected chi connectivity index (χ2v) is 4.94. The third-order valence-electron chi connectivity index (χ3n) is 3.35. The second kappa shape index (κ2) is 5.24. The average Bonchev–Trinajstić information content (AvgIpc) is 2.96. The Bertz CT molecular complexity index is 702. The summed E-state index contributed by atoms with van der Waals surface area (Å²) in [6.07, 6.45) is 0. The van der Waals surface area contributed by atoms with Gasteiger partial charge in [-0.1, -0.05) is 11.3 Å². The van der Waals surface area contributed by atoms with Gasteiger partial charge in [-0.05, 0) is 18.2 Å². The Morgan fingerprint density at radius 1 is 1.25 bits per heavy atom. The zero-order chi connectivity index (χ0) is 12.8. The number of hydrogen-bond acceptors (Lipinski definition) is 4. The first kappa shape index (κ1) is 13.7. The largest absolute Gasteiger partial charge is 0.497 e. The molecule has 0 bridgehead atoms. The van der Waals surface area contributed by atoms with Crippen LogP contribution in [0.5, 0.6) is 5.75 Å². The van der Waals surface area contributed by atoms with E-state index in [9.17, 15) is 0 Å². The minimum absolute atomic E-state index is 0. The van der Waals surface area contributed by atoms with Crippen LogP contribution in [0, 0.1) is 11.9 Å². The van der Waals surface area contributed by atoms with Gasteiger partial charge < -0.3 is 9.64 Å². The van der Waals surface area contributed by atoms with Gasteiger partial charge in [0.1, 0.15) is 11.6 Å². The Morgan fingerprint density at radius 2 is 2.15 bits per heavy atom.